The molecule has 1 aromatic rings. The summed E-state index contributed by atoms with van der Waals surface area (Å²) in [5, 5.41) is 12.8. The Morgan fingerprint density at radius 2 is 2.21 bits per heavy atom. The highest BCUT2D eigenvalue weighted by Gasteiger charge is 2.42. The second kappa shape index (κ2) is 5.51. The quantitative estimate of drug-likeness (QED) is 0.876. The van der Waals surface area contributed by atoms with E-state index in [4.69, 9.17) is 4.74 Å². The van der Waals surface area contributed by atoms with Gasteiger partial charge in [-0.05, 0) is 30.9 Å². The van der Waals surface area contributed by atoms with Crippen molar-refractivity contribution in [2.75, 3.05) is 12.4 Å². The summed E-state index contributed by atoms with van der Waals surface area (Å²) in [6, 6.07) is 7.46. The average molecular weight is 263 g/mol. The summed E-state index contributed by atoms with van der Waals surface area (Å²) in [7, 11) is 1.59. The first-order valence-electron chi connectivity index (χ1n) is 6.72. The van der Waals surface area contributed by atoms with Gasteiger partial charge >= 0.3 is 5.97 Å². The highest BCUT2D eigenvalue weighted by Crippen LogP contribution is 2.37. The van der Waals surface area contributed by atoms with Gasteiger partial charge in [0, 0.05) is 0 Å². The number of nitrogens with one attached hydrogen (secondary N) is 1. The number of benzene rings is 1. The molecule has 2 unspecified atom stereocenters. The van der Waals surface area contributed by atoms with Crippen molar-refractivity contribution in [2.24, 2.45) is 5.92 Å². The van der Waals surface area contributed by atoms with Gasteiger partial charge in [-0.1, -0.05) is 31.9 Å². The Morgan fingerprint density at radius 1 is 1.47 bits per heavy atom. The molecule has 1 aliphatic rings. The maximum Gasteiger partial charge on any atom is 0.329 e. The van der Waals surface area contributed by atoms with Crippen LogP contribution in [-0.2, 0) is 4.79 Å². The summed E-state index contributed by atoms with van der Waals surface area (Å²) in [4.78, 5) is 11.7. The normalized spacial score (nSPS) is 26.7. The van der Waals surface area contributed by atoms with Crippen LogP contribution >= 0.6 is 0 Å². The van der Waals surface area contributed by atoms with Crippen molar-refractivity contribution in [3.63, 3.8) is 0 Å². The number of para-hydroxylation sites is 2. The summed E-state index contributed by atoms with van der Waals surface area (Å²) in [5.74, 6) is 0.332. The zero-order chi connectivity index (χ0) is 13.9. The largest absolute Gasteiger partial charge is 0.495 e. The van der Waals surface area contributed by atoms with Crippen molar-refractivity contribution in [2.45, 2.75) is 38.1 Å². The van der Waals surface area contributed by atoms with Gasteiger partial charge in [0.2, 0.25) is 0 Å². The molecule has 0 aliphatic heterocycles. The maximum atomic E-state index is 11.7. The monoisotopic (exact) mass is 263 g/mol. The van der Waals surface area contributed by atoms with Gasteiger partial charge in [0.05, 0.1) is 12.8 Å². The minimum atomic E-state index is -0.869. The number of methoxy groups -OCH3 is 1. The molecular weight excluding hydrogens is 242 g/mol. The number of ether oxygens (including phenoxy) is 1. The van der Waals surface area contributed by atoms with Crippen molar-refractivity contribution in [3.05, 3.63) is 24.3 Å². The minimum Gasteiger partial charge on any atom is -0.495 e. The molecule has 2 rings (SSSR count). The number of carbonyl (C=O) groups is 1. The molecule has 0 aromatic heterocycles. The summed E-state index contributed by atoms with van der Waals surface area (Å²) < 4.78 is 5.28. The van der Waals surface area contributed by atoms with Gasteiger partial charge in [-0.3, -0.25) is 0 Å². The molecule has 0 saturated heterocycles. The first kappa shape index (κ1) is 13.7. The van der Waals surface area contributed by atoms with E-state index in [-0.39, 0.29) is 0 Å². The Morgan fingerprint density at radius 3 is 2.84 bits per heavy atom. The number of rotatable bonds is 4. The molecule has 104 valence electrons. The first-order chi connectivity index (χ1) is 9.07. The summed E-state index contributed by atoms with van der Waals surface area (Å²) >= 11 is 0. The molecule has 1 aromatic carbocycles. The van der Waals surface area contributed by atoms with E-state index in [1.54, 1.807) is 7.11 Å². The van der Waals surface area contributed by atoms with E-state index < -0.39 is 11.5 Å². The molecule has 4 heteroatoms. The van der Waals surface area contributed by atoms with Crippen LogP contribution in [0.4, 0.5) is 5.69 Å². The van der Waals surface area contributed by atoms with Crippen molar-refractivity contribution < 1.29 is 14.6 Å². The lowest BCUT2D eigenvalue weighted by Crippen LogP contribution is -2.49. The minimum absolute atomic E-state index is 0.423. The predicted molar refractivity (Wildman–Crippen MR) is 74.6 cm³/mol. The Bertz CT molecular complexity index is 460. The lowest BCUT2D eigenvalue weighted by molar-refractivity contribution is -0.144. The molecule has 0 spiro atoms. The van der Waals surface area contributed by atoms with Crippen LogP contribution in [0.25, 0.3) is 0 Å². The molecule has 1 saturated carbocycles. The highest BCUT2D eigenvalue weighted by atomic mass is 16.5. The van der Waals surface area contributed by atoms with E-state index in [2.05, 4.69) is 12.2 Å². The third-order valence-electron chi connectivity index (χ3n) is 3.89. The SMILES string of the molecule is COc1ccccc1NC1(C(=O)O)CCCC(C)C1. The fraction of sp³-hybridized carbons (Fsp3) is 0.533. The van der Waals surface area contributed by atoms with E-state index in [9.17, 15) is 9.90 Å². The predicted octanol–water partition coefficient (Wildman–Crippen LogP) is 3.14. The molecule has 19 heavy (non-hydrogen) atoms. The first-order valence-corrected chi connectivity index (χ1v) is 6.72. The Balaban J connectivity index is 2.28. The van der Waals surface area contributed by atoms with Crippen LogP contribution < -0.4 is 10.1 Å². The van der Waals surface area contributed by atoms with E-state index in [1.807, 2.05) is 24.3 Å². The fourth-order valence-corrected chi connectivity index (χ4v) is 2.92. The van der Waals surface area contributed by atoms with Gasteiger partial charge in [-0.25, -0.2) is 4.79 Å². The Labute approximate surface area is 113 Å². The molecule has 2 N–H and O–H groups in total. The van der Waals surface area contributed by atoms with Crippen LogP contribution in [0.1, 0.15) is 32.6 Å². The van der Waals surface area contributed by atoms with Gasteiger partial charge in [0.25, 0.3) is 0 Å². The third kappa shape index (κ3) is 2.83. The molecule has 1 aliphatic carbocycles. The average Bonchev–Trinajstić information content (AvgIpc) is 2.39. The van der Waals surface area contributed by atoms with Gasteiger partial charge in [-0.2, -0.15) is 0 Å². The van der Waals surface area contributed by atoms with Crippen molar-refractivity contribution >= 4 is 11.7 Å². The third-order valence-corrected chi connectivity index (χ3v) is 3.89. The van der Waals surface area contributed by atoms with Gasteiger partial charge in [0.1, 0.15) is 11.3 Å². The number of aliphatic carboxylic acids is 1. The zero-order valence-corrected chi connectivity index (χ0v) is 11.5. The van der Waals surface area contributed by atoms with Crippen molar-refractivity contribution in [1.82, 2.24) is 0 Å². The molecule has 1 fully saturated rings. The van der Waals surface area contributed by atoms with Crippen LogP contribution in [0.2, 0.25) is 0 Å². The van der Waals surface area contributed by atoms with Crippen LogP contribution in [0.3, 0.4) is 0 Å². The van der Waals surface area contributed by atoms with Gasteiger partial charge in [-0.15, -0.1) is 0 Å². The lowest BCUT2D eigenvalue weighted by atomic mass is 9.76. The van der Waals surface area contributed by atoms with Crippen LogP contribution in [0.5, 0.6) is 5.75 Å². The van der Waals surface area contributed by atoms with Crippen LogP contribution in [0, 0.1) is 5.92 Å². The highest BCUT2D eigenvalue weighted by molar-refractivity contribution is 5.83. The Kier molecular flexibility index (Phi) is 3.98. The maximum absolute atomic E-state index is 11.7. The molecule has 2 atom stereocenters. The number of hydrogen-bond acceptors (Lipinski definition) is 3. The second-order valence-electron chi connectivity index (χ2n) is 5.41. The number of anilines is 1. The molecule has 4 nitrogen and oxygen atoms in total. The van der Waals surface area contributed by atoms with Crippen molar-refractivity contribution in [1.29, 1.82) is 0 Å². The molecular formula is C15H21NO3. The smallest absolute Gasteiger partial charge is 0.329 e. The lowest BCUT2D eigenvalue weighted by Gasteiger charge is -2.38. The molecule has 0 amide bonds. The van der Waals surface area contributed by atoms with E-state index in [0.717, 1.165) is 18.5 Å². The number of hydrogen-bond donors (Lipinski definition) is 2. The van der Waals surface area contributed by atoms with E-state index in [0.29, 0.717) is 24.5 Å². The summed E-state index contributed by atoms with van der Waals surface area (Å²) in [6.07, 6.45) is 3.35. The zero-order valence-electron chi connectivity index (χ0n) is 11.5. The van der Waals surface area contributed by atoms with Gasteiger partial charge in [0.15, 0.2) is 0 Å². The van der Waals surface area contributed by atoms with Crippen molar-refractivity contribution in [3.8, 4) is 5.75 Å². The van der Waals surface area contributed by atoms with E-state index >= 15 is 0 Å². The molecule has 0 bridgehead atoms. The van der Waals surface area contributed by atoms with Gasteiger partial charge < -0.3 is 15.2 Å². The summed E-state index contributed by atoms with van der Waals surface area (Å²) in [6.45, 7) is 2.11. The number of carboxylic acids is 1. The summed E-state index contributed by atoms with van der Waals surface area (Å²) in [5.41, 5.74) is -0.117. The topological polar surface area (TPSA) is 58.6 Å². The fourth-order valence-electron chi connectivity index (χ4n) is 2.92. The van der Waals surface area contributed by atoms with Crippen LogP contribution in [-0.4, -0.2) is 23.7 Å². The van der Waals surface area contributed by atoms with Crippen LogP contribution in [0.15, 0.2) is 24.3 Å². The molecule has 0 radical (unpaired) electrons. The molecule has 0 heterocycles. The van der Waals surface area contributed by atoms with E-state index in [1.165, 1.54) is 0 Å². The Hall–Kier alpha value is -1.71. The second-order valence-corrected chi connectivity index (χ2v) is 5.41. The number of carboxylic acid groups (broad SMARTS) is 1. The standard InChI is InChI=1S/C15H21NO3/c1-11-6-5-9-15(10-11,14(17)18)16-12-7-3-4-8-13(12)19-2/h3-4,7-8,11,16H,5-6,9-10H2,1-2H3,(H,17,18).